The van der Waals surface area contributed by atoms with Gasteiger partial charge in [-0.15, -0.1) is 0 Å². The SMILES string of the molecule is CCCCCCCCCCCCCCCCCCOC(=O)C(CC(=O)O)S(=O)(=O)O. The Bertz CT molecular complexity index is 546. The van der Waals surface area contributed by atoms with E-state index in [-0.39, 0.29) is 6.61 Å². The van der Waals surface area contributed by atoms with Gasteiger partial charge in [0.25, 0.3) is 10.1 Å². The molecular formula is C22H42O7S. The van der Waals surface area contributed by atoms with Crippen LogP contribution in [0.4, 0.5) is 0 Å². The van der Waals surface area contributed by atoms with Gasteiger partial charge in [-0.2, -0.15) is 8.42 Å². The van der Waals surface area contributed by atoms with Crippen molar-refractivity contribution < 1.29 is 32.4 Å². The molecule has 0 aliphatic carbocycles. The van der Waals surface area contributed by atoms with Crippen molar-refractivity contribution in [1.82, 2.24) is 0 Å². The minimum absolute atomic E-state index is 0.0307. The first-order chi connectivity index (χ1) is 14.3. The van der Waals surface area contributed by atoms with Crippen molar-refractivity contribution in [2.45, 2.75) is 121 Å². The molecule has 0 aromatic rings. The van der Waals surface area contributed by atoms with Crippen LogP contribution in [-0.4, -0.2) is 41.9 Å². The molecule has 1 atom stereocenters. The maximum atomic E-state index is 11.7. The quantitative estimate of drug-likeness (QED) is 0.134. The van der Waals surface area contributed by atoms with Crippen molar-refractivity contribution in [1.29, 1.82) is 0 Å². The number of carboxylic acids is 1. The molecule has 0 aromatic carbocycles. The molecule has 1 unspecified atom stereocenters. The summed E-state index contributed by atoms with van der Waals surface area (Å²) in [6.45, 7) is 2.27. The second-order valence-electron chi connectivity index (χ2n) is 8.07. The summed E-state index contributed by atoms with van der Waals surface area (Å²) in [5, 5.41) is 6.57. The highest BCUT2D eigenvalue weighted by atomic mass is 32.2. The summed E-state index contributed by atoms with van der Waals surface area (Å²) in [7, 11) is -4.79. The number of carbonyl (C=O) groups excluding carboxylic acids is 1. The molecule has 0 bridgehead atoms. The van der Waals surface area contributed by atoms with Gasteiger partial charge in [0.1, 0.15) is 0 Å². The Hall–Kier alpha value is -1.15. The van der Waals surface area contributed by atoms with Gasteiger partial charge in [0.05, 0.1) is 13.0 Å². The normalized spacial score (nSPS) is 12.6. The van der Waals surface area contributed by atoms with Crippen LogP contribution in [0, 0.1) is 0 Å². The van der Waals surface area contributed by atoms with Gasteiger partial charge < -0.3 is 9.84 Å². The largest absolute Gasteiger partial charge is 0.481 e. The lowest BCUT2D eigenvalue weighted by Gasteiger charge is -2.11. The van der Waals surface area contributed by atoms with Crippen LogP contribution in [-0.2, 0) is 24.4 Å². The third-order valence-corrected chi connectivity index (χ3v) is 6.30. The molecule has 0 spiro atoms. The van der Waals surface area contributed by atoms with Crippen molar-refractivity contribution in [3.63, 3.8) is 0 Å². The third-order valence-electron chi connectivity index (χ3n) is 5.22. The van der Waals surface area contributed by atoms with Gasteiger partial charge in [-0.05, 0) is 6.42 Å². The first kappa shape index (κ1) is 28.9. The summed E-state index contributed by atoms with van der Waals surface area (Å²) in [6.07, 6.45) is 18.5. The number of unbranched alkanes of at least 4 members (excludes halogenated alkanes) is 15. The molecule has 30 heavy (non-hydrogen) atoms. The number of esters is 1. The molecule has 8 heteroatoms. The van der Waals surface area contributed by atoms with E-state index in [2.05, 4.69) is 6.92 Å². The third kappa shape index (κ3) is 17.7. The van der Waals surface area contributed by atoms with Crippen LogP contribution < -0.4 is 0 Å². The van der Waals surface area contributed by atoms with Crippen LogP contribution in [0.5, 0.6) is 0 Å². The summed E-state index contributed by atoms with van der Waals surface area (Å²) in [5.41, 5.74) is 0. The summed E-state index contributed by atoms with van der Waals surface area (Å²) in [6, 6.07) is 0. The lowest BCUT2D eigenvalue weighted by molar-refractivity contribution is -0.147. The van der Waals surface area contributed by atoms with E-state index in [1.165, 1.54) is 77.0 Å². The van der Waals surface area contributed by atoms with E-state index in [1.807, 2.05) is 0 Å². The van der Waals surface area contributed by atoms with Gasteiger partial charge in [0, 0.05) is 0 Å². The second kappa shape index (κ2) is 18.6. The molecule has 0 aliphatic rings. The molecule has 0 amide bonds. The molecular weight excluding hydrogens is 408 g/mol. The number of rotatable bonds is 21. The molecule has 0 aromatic heterocycles. The predicted molar refractivity (Wildman–Crippen MR) is 118 cm³/mol. The zero-order chi connectivity index (χ0) is 22.7. The molecule has 0 aliphatic heterocycles. The van der Waals surface area contributed by atoms with E-state index in [0.29, 0.717) is 6.42 Å². The van der Waals surface area contributed by atoms with Crippen LogP contribution in [0.15, 0.2) is 0 Å². The zero-order valence-corrected chi connectivity index (χ0v) is 19.5. The van der Waals surface area contributed by atoms with Crippen molar-refractivity contribution in [2.24, 2.45) is 0 Å². The number of aliphatic carboxylic acids is 1. The van der Waals surface area contributed by atoms with Gasteiger partial charge in [-0.1, -0.05) is 103 Å². The fraction of sp³-hybridized carbons (Fsp3) is 0.909. The lowest BCUT2D eigenvalue weighted by Crippen LogP contribution is -2.34. The second-order valence-corrected chi connectivity index (χ2v) is 9.67. The predicted octanol–water partition coefficient (Wildman–Crippen LogP) is 5.52. The number of hydrogen-bond acceptors (Lipinski definition) is 5. The summed E-state index contributed by atoms with van der Waals surface area (Å²) >= 11 is 0. The maximum Gasteiger partial charge on any atom is 0.327 e. The smallest absolute Gasteiger partial charge is 0.327 e. The van der Waals surface area contributed by atoms with Gasteiger partial charge in [-0.3, -0.25) is 14.1 Å². The van der Waals surface area contributed by atoms with Crippen LogP contribution in [0.25, 0.3) is 0 Å². The fourth-order valence-corrected chi connectivity index (χ4v) is 4.05. The summed E-state index contributed by atoms with van der Waals surface area (Å²) in [4.78, 5) is 22.3. The molecule has 2 N–H and O–H groups in total. The minimum Gasteiger partial charge on any atom is -0.481 e. The Morgan fingerprint density at radius 1 is 0.733 bits per heavy atom. The molecule has 0 heterocycles. The Morgan fingerprint density at radius 2 is 1.10 bits per heavy atom. The van der Waals surface area contributed by atoms with E-state index >= 15 is 0 Å². The number of hydrogen-bond donors (Lipinski definition) is 2. The highest BCUT2D eigenvalue weighted by molar-refractivity contribution is 7.87. The Balaban J connectivity index is 3.49. The van der Waals surface area contributed by atoms with E-state index < -0.39 is 33.7 Å². The van der Waals surface area contributed by atoms with E-state index in [1.54, 1.807) is 0 Å². The van der Waals surface area contributed by atoms with E-state index in [4.69, 9.17) is 14.4 Å². The Kier molecular flexibility index (Phi) is 17.9. The maximum absolute atomic E-state index is 11.7. The van der Waals surface area contributed by atoms with E-state index in [9.17, 15) is 18.0 Å². The first-order valence-corrected chi connectivity index (χ1v) is 13.1. The van der Waals surface area contributed by atoms with Gasteiger partial charge >= 0.3 is 11.9 Å². The highest BCUT2D eigenvalue weighted by Crippen LogP contribution is 2.14. The number of carbonyl (C=O) groups is 2. The van der Waals surface area contributed by atoms with Crippen LogP contribution in [0.2, 0.25) is 0 Å². The number of ether oxygens (including phenoxy) is 1. The Labute approximate surface area is 182 Å². The van der Waals surface area contributed by atoms with Gasteiger partial charge in [0.15, 0.2) is 5.25 Å². The molecule has 0 radical (unpaired) electrons. The molecule has 0 rings (SSSR count). The lowest BCUT2D eigenvalue weighted by atomic mass is 10.0. The zero-order valence-electron chi connectivity index (χ0n) is 18.6. The topological polar surface area (TPSA) is 118 Å². The van der Waals surface area contributed by atoms with Crippen LogP contribution >= 0.6 is 0 Å². The van der Waals surface area contributed by atoms with Gasteiger partial charge in [0.2, 0.25) is 0 Å². The fourth-order valence-electron chi connectivity index (χ4n) is 3.38. The van der Waals surface area contributed by atoms with Crippen molar-refractivity contribution in [3.05, 3.63) is 0 Å². The molecule has 0 saturated heterocycles. The van der Waals surface area contributed by atoms with Crippen LogP contribution in [0.3, 0.4) is 0 Å². The van der Waals surface area contributed by atoms with Crippen molar-refractivity contribution in [2.75, 3.05) is 6.61 Å². The molecule has 0 saturated carbocycles. The van der Waals surface area contributed by atoms with Gasteiger partial charge in [-0.25, -0.2) is 0 Å². The average molecular weight is 451 g/mol. The first-order valence-electron chi connectivity index (χ1n) is 11.6. The average Bonchev–Trinajstić information content (AvgIpc) is 2.67. The standard InChI is InChI=1S/C22H42O7S/c1-2-3-4-5-6-7-8-9-10-11-12-13-14-15-16-17-18-29-22(25)20(19-21(23)24)30(26,27)28/h20H,2-19H2,1H3,(H,23,24)(H,26,27,28). The van der Waals surface area contributed by atoms with Crippen molar-refractivity contribution in [3.8, 4) is 0 Å². The molecule has 178 valence electrons. The van der Waals surface area contributed by atoms with Crippen LogP contribution in [0.1, 0.15) is 116 Å². The van der Waals surface area contributed by atoms with E-state index in [0.717, 1.165) is 19.3 Å². The highest BCUT2D eigenvalue weighted by Gasteiger charge is 2.34. The molecule has 0 fully saturated rings. The van der Waals surface area contributed by atoms with Crippen molar-refractivity contribution >= 4 is 22.1 Å². The summed E-state index contributed by atoms with van der Waals surface area (Å²) in [5.74, 6) is -2.70. The Morgan fingerprint density at radius 3 is 1.43 bits per heavy atom. The monoisotopic (exact) mass is 450 g/mol. The molecule has 7 nitrogen and oxygen atoms in total. The number of carboxylic acid groups (broad SMARTS) is 1. The minimum atomic E-state index is -4.79. The summed E-state index contributed by atoms with van der Waals surface area (Å²) < 4.78 is 35.9.